The van der Waals surface area contributed by atoms with Gasteiger partial charge in [-0.1, -0.05) is 6.42 Å². The first-order valence-electron chi connectivity index (χ1n) is 3.32. The lowest BCUT2D eigenvalue weighted by atomic mass is 9.94. The van der Waals surface area contributed by atoms with E-state index in [4.69, 9.17) is 5.11 Å². The molecule has 0 saturated heterocycles. The van der Waals surface area contributed by atoms with Gasteiger partial charge in [-0.2, -0.15) is 0 Å². The van der Waals surface area contributed by atoms with Gasteiger partial charge in [0.15, 0.2) is 0 Å². The van der Waals surface area contributed by atoms with Gasteiger partial charge in [-0.15, -0.1) is 0 Å². The van der Waals surface area contributed by atoms with Crippen LogP contribution < -0.4 is 18.1 Å². The Hall–Kier alpha value is 0.210. The first-order chi connectivity index (χ1) is 3.80. The van der Waals surface area contributed by atoms with E-state index in [1.165, 1.54) is 12.8 Å². The van der Waals surface area contributed by atoms with E-state index in [0.29, 0.717) is 6.04 Å². The number of rotatable bonds is 0. The number of halogens is 1. The molecule has 3 heteroatoms. The van der Waals surface area contributed by atoms with E-state index in [1.54, 1.807) is 0 Å². The van der Waals surface area contributed by atoms with Crippen LogP contribution in [0.15, 0.2) is 0 Å². The van der Waals surface area contributed by atoms with E-state index in [2.05, 4.69) is 5.73 Å². The Bertz CT molecular complexity index is 69.5. The van der Waals surface area contributed by atoms with Crippen molar-refractivity contribution in [2.45, 2.75) is 37.8 Å². The third-order valence-electron chi connectivity index (χ3n) is 1.87. The minimum Gasteiger partial charge on any atom is -1.00 e. The molecule has 1 aliphatic rings. The monoisotopic (exact) mass is 151 g/mol. The van der Waals surface area contributed by atoms with Crippen molar-refractivity contribution in [3.05, 3.63) is 0 Å². The van der Waals surface area contributed by atoms with E-state index in [9.17, 15) is 0 Å². The van der Waals surface area contributed by atoms with E-state index in [0.717, 1.165) is 12.8 Å². The molecule has 9 heavy (non-hydrogen) atoms. The zero-order chi connectivity index (χ0) is 5.98. The van der Waals surface area contributed by atoms with Gasteiger partial charge in [-0.05, 0) is 12.8 Å². The van der Waals surface area contributed by atoms with Crippen molar-refractivity contribution in [1.29, 1.82) is 0 Å². The molecular weight excluding hydrogens is 138 g/mol. The van der Waals surface area contributed by atoms with Crippen LogP contribution in [0.25, 0.3) is 0 Å². The summed E-state index contributed by atoms with van der Waals surface area (Å²) in [5.41, 5.74) is 3.83. The van der Waals surface area contributed by atoms with Crippen LogP contribution in [0, 0.1) is 0 Å². The molecule has 1 fully saturated rings. The second-order valence-corrected chi connectivity index (χ2v) is 2.61. The fourth-order valence-electron chi connectivity index (χ4n) is 1.19. The lowest BCUT2D eigenvalue weighted by Crippen LogP contribution is -3.00. The minimum atomic E-state index is -0.108. The lowest BCUT2D eigenvalue weighted by molar-refractivity contribution is -0.442. The summed E-state index contributed by atoms with van der Waals surface area (Å²) in [6.07, 6.45) is 4.41. The molecule has 0 radical (unpaired) electrons. The van der Waals surface area contributed by atoms with Crippen LogP contribution in [0.5, 0.6) is 0 Å². The van der Waals surface area contributed by atoms with E-state index in [-0.39, 0.29) is 18.5 Å². The first kappa shape index (κ1) is 9.21. The average molecular weight is 152 g/mol. The van der Waals surface area contributed by atoms with Gasteiger partial charge in [-0.25, -0.2) is 0 Å². The minimum absolute atomic E-state index is 0. The number of quaternary nitrogens is 1. The predicted molar refractivity (Wildman–Crippen MR) is 31.2 cm³/mol. The van der Waals surface area contributed by atoms with Crippen molar-refractivity contribution in [2.24, 2.45) is 0 Å². The molecule has 1 aliphatic carbocycles. The molecule has 4 N–H and O–H groups in total. The van der Waals surface area contributed by atoms with E-state index < -0.39 is 0 Å². The van der Waals surface area contributed by atoms with Crippen LogP contribution in [0.4, 0.5) is 0 Å². The molecule has 0 aromatic heterocycles. The van der Waals surface area contributed by atoms with Gasteiger partial charge >= 0.3 is 0 Å². The molecule has 0 bridgehead atoms. The molecule has 0 amide bonds. The predicted octanol–water partition coefficient (Wildman–Crippen LogP) is -3.46. The van der Waals surface area contributed by atoms with Crippen LogP contribution >= 0.6 is 0 Å². The highest BCUT2D eigenvalue weighted by Crippen LogP contribution is 2.14. The van der Waals surface area contributed by atoms with Crippen molar-refractivity contribution < 1.29 is 23.2 Å². The van der Waals surface area contributed by atoms with Crippen molar-refractivity contribution in [3.63, 3.8) is 0 Å². The fourth-order valence-corrected chi connectivity index (χ4v) is 1.19. The van der Waals surface area contributed by atoms with Crippen molar-refractivity contribution in [2.75, 3.05) is 0 Å². The van der Waals surface area contributed by atoms with Crippen LogP contribution in [0.2, 0.25) is 0 Å². The summed E-state index contributed by atoms with van der Waals surface area (Å²) in [6.45, 7) is 0. The average Bonchev–Trinajstić information content (AvgIpc) is 1.77. The van der Waals surface area contributed by atoms with Crippen molar-refractivity contribution in [1.82, 2.24) is 0 Å². The smallest absolute Gasteiger partial charge is 0.111 e. The molecule has 0 aromatic rings. The fraction of sp³-hybridized carbons (Fsp3) is 1.00. The molecule has 0 heterocycles. The van der Waals surface area contributed by atoms with Crippen molar-refractivity contribution >= 4 is 0 Å². The van der Waals surface area contributed by atoms with Gasteiger partial charge in [0, 0.05) is 6.42 Å². The molecule has 2 unspecified atom stereocenters. The van der Waals surface area contributed by atoms with Gasteiger partial charge in [0.25, 0.3) is 0 Å². The number of aliphatic hydroxyl groups is 1. The Kier molecular flexibility index (Phi) is 4.19. The third kappa shape index (κ3) is 2.52. The highest BCUT2D eigenvalue weighted by Gasteiger charge is 2.21. The zero-order valence-corrected chi connectivity index (χ0v) is 6.27. The van der Waals surface area contributed by atoms with Gasteiger partial charge < -0.3 is 23.2 Å². The summed E-state index contributed by atoms with van der Waals surface area (Å²) in [5.74, 6) is 0. The SMILES string of the molecule is [Cl-].[NH3+]C1CCCCC1O. The largest absolute Gasteiger partial charge is 1.00 e. The Morgan fingerprint density at radius 3 is 2.11 bits per heavy atom. The Morgan fingerprint density at radius 1 is 1.22 bits per heavy atom. The number of hydrogen-bond donors (Lipinski definition) is 2. The molecule has 0 aromatic carbocycles. The Labute approximate surface area is 61.8 Å². The second kappa shape index (κ2) is 4.09. The molecule has 2 nitrogen and oxygen atoms in total. The first-order valence-corrected chi connectivity index (χ1v) is 3.32. The summed E-state index contributed by atoms with van der Waals surface area (Å²) in [6, 6.07) is 0.309. The molecule has 1 saturated carbocycles. The number of aliphatic hydroxyl groups excluding tert-OH is 1. The molecular formula is C6H14ClNO. The maximum Gasteiger partial charge on any atom is 0.111 e. The second-order valence-electron chi connectivity index (χ2n) is 2.61. The van der Waals surface area contributed by atoms with Crippen molar-refractivity contribution in [3.8, 4) is 0 Å². The lowest BCUT2D eigenvalue weighted by Gasteiger charge is -2.20. The molecule has 1 rings (SSSR count). The Balaban J connectivity index is 0.000000640. The highest BCUT2D eigenvalue weighted by atomic mass is 35.5. The summed E-state index contributed by atoms with van der Waals surface area (Å²) in [5, 5.41) is 9.12. The van der Waals surface area contributed by atoms with Gasteiger partial charge in [0.1, 0.15) is 12.1 Å². The molecule has 0 spiro atoms. The van der Waals surface area contributed by atoms with Gasteiger partial charge in [0.05, 0.1) is 0 Å². The zero-order valence-electron chi connectivity index (χ0n) is 5.52. The summed E-state index contributed by atoms with van der Waals surface area (Å²) in [4.78, 5) is 0. The summed E-state index contributed by atoms with van der Waals surface area (Å²) in [7, 11) is 0. The van der Waals surface area contributed by atoms with E-state index >= 15 is 0 Å². The summed E-state index contributed by atoms with van der Waals surface area (Å²) >= 11 is 0. The highest BCUT2D eigenvalue weighted by molar-refractivity contribution is 4.70. The van der Waals surface area contributed by atoms with Gasteiger partial charge in [-0.3, -0.25) is 0 Å². The topological polar surface area (TPSA) is 47.9 Å². The molecule has 0 aliphatic heterocycles. The van der Waals surface area contributed by atoms with E-state index in [1.807, 2.05) is 0 Å². The normalized spacial score (nSPS) is 35.3. The summed E-state index contributed by atoms with van der Waals surface area (Å²) < 4.78 is 0. The number of hydrogen-bond acceptors (Lipinski definition) is 1. The van der Waals surface area contributed by atoms with Gasteiger partial charge in [0.2, 0.25) is 0 Å². The standard InChI is InChI=1S/C6H13NO.ClH/c7-5-3-1-2-4-6(5)8;/h5-6,8H,1-4,7H2;1H. The van der Waals surface area contributed by atoms with Crippen LogP contribution in [0.3, 0.4) is 0 Å². The maximum absolute atomic E-state index is 9.12. The van der Waals surface area contributed by atoms with Crippen LogP contribution in [0.1, 0.15) is 25.7 Å². The molecule has 2 atom stereocenters. The Morgan fingerprint density at radius 2 is 1.78 bits per heavy atom. The molecule has 56 valence electrons. The van der Waals surface area contributed by atoms with Crippen LogP contribution in [-0.4, -0.2) is 17.3 Å². The quantitative estimate of drug-likeness (QED) is 0.372. The maximum atomic E-state index is 9.12. The van der Waals surface area contributed by atoms with Crippen LogP contribution in [-0.2, 0) is 0 Å². The third-order valence-corrected chi connectivity index (χ3v) is 1.87.